The Labute approximate surface area is 191 Å². The maximum Gasteiger partial charge on any atom is 0.235 e. The van der Waals surface area contributed by atoms with Crippen LogP contribution in [0.3, 0.4) is 0 Å². The molecule has 31 heavy (non-hydrogen) atoms. The van der Waals surface area contributed by atoms with E-state index < -0.39 is 0 Å². The predicted octanol–water partition coefficient (Wildman–Crippen LogP) is 4.07. The number of aliphatic imine (C=N–C) groups is 2. The highest BCUT2D eigenvalue weighted by molar-refractivity contribution is 8.23. The normalized spacial score (nSPS) is 18.4. The lowest BCUT2D eigenvalue weighted by atomic mass is 9.93. The van der Waals surface area contributed by atoms with Crippen molar-refractivity contribution in [2.45, 2.75) is 12.8 Å². The molecule has 8 heteroatoms. The Balaban J connectivity index is 1.53. The summed E-state index contributed by atoms with van der Waals surface area (Å²) >= 11 is 6.87. The van der Waals surface area contributed by atoms with Gasteiger partial charge in [-0.1, -0.05) is 66.4 Å². The van der Waals surface area contributed by atoms with Crippen molar-refractivity contribution in [2.75, 3.05) is 32.1 Å². The number of amides is 1. The standard InChI is InChI=1S/C23H24N4O2S2/c1-16-21(17-7-3-2-4-8-17)22(25-19-10-6-5-9-18(19)24-16)26-20(28)15-31-23(30)27-11-13-29-14-12-27/h2-10,21H,11-15H2,1H3,(H,25,26,28). The van der Waals surface area contributed by atoms with Crippen molar-refractivity contribution in [3.8, 4) is 0 Å². The number of thiocarbonyl (C=S) groups is 1. The summed E-state index contributed by atoms with van der Waals surface area (Å²) in [6.45, 7) is 4.84. The fourth-order valence-electron chi connectivity index (χ4n) is 3.59. The number of nitrogens with zero attached hydrogens (tertiary/aromatic N) is 3. The van der Waals surface area contributed by atoms with Crippen LogP contribution in [-0.4, -0.2) is 58.7 Å². The van der Waals surface area contributed by atoms with Gasteiger partial charge in [0.1, 0.15) is 10.2 Å². The van der Waals surface area contributed by atoms with Crippen LogP contribution < -0.4 is 5.32 Å². The number of nitrogens with one attached hydrogen (secondary N) is 1. The molecule has 2 aliphatic rings. The molecular weight excluding hydrogens is 428 g/mol. The Morgan fingerprint density at radius 2 is 1.74 bits per heavy atom. The number of carbonyl (C=O) groups excluding carboxylic acids is 1. The minimum absolute atomic E-state index is 0.132. The summed E-state index contributed by atoms with van der Waals surface area (Å²) in [6, 6.07) is 17.7. The van der Waals surface area contributed by atoms with Gasteiger partial charge in [-0.15, -0.1) is 0 Å². The maximum absolute atomic E-state index is 12.9. The molecule has 6 nitrogen and oxygen atoms in total. The van der Waals surface area contributed by atoms with E-state index in [1.165, 1.54) is 11.8 Å². The van der Waals surface area contributed by atoms with Crippen molar-refractivity contribution >= 4 is 57.1 Å². The summed E-state index contributed by atoms with van der Waals surface area (Å²) in [5.41, 5.74) is 3.46. The molecule has 160 valence electrons. The fourth-order valence-corrected chi connectivity index (χ4v) is 4.64. The summed E-state index contributed by atoms with van der Waals surface area (Å²) in [5, 5.41) is 3.04. The first kappa shape index (κ1) is 21.7. The number of hydrogen-bond donors (Lipinski definition) is 1. The molecule has 0 aromatic heterocycles. The number of para-hydroxylation sites is 2. The van der Waals surface area contributed by atoms with E-state index in [1.807, 2.05) is 61.5 Å². The van der Waals surface area contributed by atoms with Gasteiger partial charge < -0.3 is 15.0 Å². The monoisotopic (exact) mass is 452 g/mol. The zero-order chi connectivity index (χ0) is 21.6. The highest BCUT2D eigenvalue weighted by Gasteiger charge is 2.26. The van der Waals surface area contributed by atoms with Crippen LogP contribution in [0.25, 0.3) is 0 Å². The number of rotatable bonds is 3. The molecule has 1 atom stereocenters. The van der Waals surface area contributed by atoms with Gasteiger partial charge in [-0.2, -0.15) is 0 Å². The molecule has 0 spiro atoms. The van der Waals surface area contributed by atoms with Crippen molar-refractivity contribution in [1.29, 1.82) is 0 Å². The molecule has 1 N–H and O–H groups in total. The number of hydrogen-bond acceptors (Lipinski definition) is 6. The molecule has 0 radical (unpaired) electrons. The van der Waals surface area contributed by atoms with Crippen LogP contribution in [0.5, 0.6) is 0 Å². The third-order valence-electron chi connectivity index (χ3n) is 5.11. The van der Waals surface area contributed by atoms with E-state index in [9.17, 15) is 4.79 Å². The molecule has 1 saturated heterocycles. The van der Waals surface area contributed by atoms with E-state index in [4.69, 9.17) is 26.9 Å². The van der Waals surface area contributed by atoms with Crippen LogP contribution in [0.15, 0.2) is 64.6 Å². The molecule has 2 aromatic carbocycles. The maximum atomic E-state index is 12.9. The van der Waals surface area contributed by atoms with Crippen LogP contribution in [-0.2, 0) is 9.53 Å². The van der Waals surface area contributed by atoms with Crippen molar-refractivity contribution in [1.82, 2.24) is 10.2 Å². The van der Waals surface area contributed by atoms with Crippen LogP contribution >= 0.6 is 24.0 Å². The van der Waals surface area contributed by atoms with Gasteiger partial charge in [0.25, 0.3) is 0 Å². The molecule has 0 bridgehead atoms. The minimum Gasteiger partial charge on any atom is -0.378 e. The van der Waals surface area contributed by atoms with Crippen LogP contribution in [0.1, 0.15) is 18.4 Å². The molecule has 0 saturated carbocycles. The third kappa shape index (κ3) is 5.39. The van der Waals surface area contributed by atoms with Gasteiger partial charge in [0.15, 0.2) is 0 Å². The zero-order valence-electron chi connectivity index (χ0n) is 17.3. The summed E-state index contributed by atoms with van der Waals surface area (Å²) in [6.07, 6.45) is 0. The quantitative estimate of drug-likeness (QED) is 0.711. The molecule has 2 aliphatic heterocycles. The van der Waals surface area contributed by atoms with E-state index in [2.05, 4.69) is 10.2 Å². The average Bonchev–Trinajstić information content (AvgIpc) is 2.93. The topological polar surface area (TPSA) is 66.3 Å². The molecule has 1 amide bonds. The number of thioether (sulfide) groups is 1. The highest BCUT2D eigenvalue weighted by Crippen LogP contribution is 2.34. The summed E-state index contributed by atoms with van der Waals surface area (Å²) < 4.78 is 6.09. The summed E-state index contributed by atoms with van der Waals surface area (Å²) in [7, 11) is 0. The van der Waals surface area contributed by atoms with Gasteiger partial charge in [0, 0.05) is 18.8 Å². The van der Waals surface area contributed by atoms with Crippen LogP contribution in [0, 0.1) is 0 Å². The Kier molecular flexibility index (Phi) is 7.11. The van der Waals surface area contributed by atoms with E-state index >= 15 is 0 Å². The molecule has 2 aromatic rings. The lowest BCUT2D eigenvalue weighted by molar-refractivity contribution is -0.117. The van der Waals surface area contributed by atoms with Gasteiger partial charge in [0.2, 0.25) is 5.91 Å². The van der Waals surface area contributed by atoms with E-state index in [0.29, 0.717) is 19.0 Å². The van der Waals surface area contributed by atoms with Gasteiger partial charge in [-0.05, 0) is 24.6 Å². The van der Waals surface area contributed by atoms with Crippen molar-refractivity contribution < 1.29 is 9.53 Å². The second-order valence-corrected chi connectivity index (χ2v) is 8.89. The number of ether oxygens (including phenoxy) is 1. The molecule has 1 unspecified atom stereocenters. The number of fused-ring (bicyclic) bond motifs is 1. The predicted molar refractivity (Wildman–Crippen MR) is 131 cm³/mol. The Hall–Kier alpha value is -2.55. The zero-order valence-corrected chi connectivity index (χ0v) is 18.9. The molecular formula is C23H24N4O2S2. The van der Waals surface area contributed by atoms with Crippen molar-refractivity contribution in [3.05, 3.63) is 60.2 Å². The Morgan fingerprint density at radius 3 is 2.45 bits per heavy atom. The van der Waals surface area contributed by atoms with Gasteiger partial charge >= 0.3 is 0 Å². The smallest absolute Gasteiger partial charge is 0.235 e. The van der Waals surface area contributed by atoms with Gasteiger partial charge in [0.05, 0.1) is 36.3 Å². The van der Waals surface area contributed by atoms with Crippen molar-refractivity contribution in [2.24, 2.45) is 9.98 Å². The fraction of sp³-hybridized carbons (Fsp3) is 0.304. The molecule has 1 fully saturated rings. The highest BCUT2D eigenvalue weighted by atomic mass is 32.2. The van der Waals surface area contributed by atoms with Crippen molar-refractivity contribution in [3.63, 3.8) is 0 Å². The van der Waals surface area contributed by atoms with Gasteiger partial charge in [-0.25, -0.2) is 4.99 Å². The number of amidine groups is 1. The second kappa shape index (κ2) is 10.2. The van der Waals surface area contributed by atoms with Crippen LogP contribution in [0.4, 0.5) is 11.4 Å². The Bertz CT molecular complexity index is 1020. The third-order valence-corrected chi connectivity index (χ3v) is 6.63. The summed E-state index contributed by atoms with van der Waals surface area (Å²) in [4.78, 5) is 24.5. The average molecular weight is 453 g/mol. The second-order valence-electron chi connectivity index (χ2n) is 7.28. The molecule has 4 rings (SSSR count). The first-order valence-corrected chi connectivity index (χ1v) is 11.6. The number of morpholine rings is 1. The number of benzene rings is 2. The van der Waals surface area contributed by atoms with Gasteiger partial charge in [-0.3, -0.25) is 9.79 Å². The van der Waals surface area contributed by atoms with E-state index in [-0.39, 0.29) is 17.6 Å². The number of carbonyl (C=O) groups is 1. The molecule has 2 heterocycles. The van der Waals surface area contributed by atoms with E-state index in [0.717, 1.165) is 40.1 Å². The summed E-state index contributed by atoms with van der Waals surface area (Å²) in [5.74, 6) is 0.454. The SMILES string of the molecule is CC1=Nc2ccccc2N=C(NC(=O)CSC(=S)N2CCOCC2)C1c1ccccc1. The first-order valence-electron chi connectivity index (χ1n) is 10.2. The lowest BCUT2D eigenvalue weighted by Crippen LogP contribution is -2.40. The van der Waals surface area contributed by atoms with E-state index in [1.54, 1.807) is 0 Å². The minimum atomic E-state index is -0.228. The first-order chi connectivity index (χ1) is 15.1. The van der Waals surface area contributed by atoms with Crippen LogP contribution in [0.2, 0.25) is 0 Å². The molecule has 0 aliphatic carbocycles. The largest absolute Gasteiger partial charge is 0.378 e. The lowest BCUT2D eigenvalue weighted by Gasteiger charge is -2.28. The Morgan fingerprint density at radius 1 is 1.10 bits per heavy atom.